The maximum Gasteiger partial charge on any atom is 0.264 e. The van der Waals surface area contributed by atoms with Crippen LogP contribution in [0.15, 0.2) is 65.7 Å². The molecule has 3 rings (SSSR count). The van der Waals surface area contributed by atoms with E-state index >= 15 is 0 Å². The lowest BCUT2D eigenvalue weighted by Gasteiger charge is -2.28. The van der Waals surface area contributed by atoms with Gasteiger partial charge in [0.05, 0.1) is 29.0 Å². The number of pyridine rings is 2. The summed E-state index contributed by atoms with van der Waals surface area (Å²) < 4.78 is 28.5. The van der Waals surface area contributed by atoms with Crippen LogP contribution >= 0.6 is 0 Å². The van der Waals surface area contributed by atoms with Gasteiger partial charge in [-0.3, -0.25) is 14.1 Å². The van der Waals surface area contributed by atoms with Gasteiger partial charge in [-0.15, -0.1) is 0 Å². The number of amides is 1. The molecule has 1 aromatic carbocycles. The van der Waals surface area contributed by atoms with E-state index in [4.69, 9.17) is 5.73 Å². The van der Waals surface area contributed by atoms with Crippen LogP contribution in [-0.4, -0.2) is 42.3 Å². The fraction of sp³-hybridized carbons (Fsp3) is 0.346. The van der Waals surface area contributed by atoms with Crippen molar-refractivity contribution in [3.8, 4) is 0 Å². The van der Waals surface area contributed by atoms with Gasteiger partial charge in [0, 0.05) is 12.2 Å². The summed E-state index contributed by atoms with van der Waals surface area (Å²) in [5.41, 5.74) is 8.45. The minimum atomic E-state index is -4.06. The van der Waals surface area contributed by atoms with Crippen LogP contribution in [0.5, 0.6) is 0 Å². The van der Waals surface area contributed by atoms with Gasteiger partial charge in [-0.25, -0.2) is 13.4 Å². The summed E-state index contributed by atoms with van der Waals surface area (Å²) in [6, 6.07) is 15.4. The number of carbonyl (C=O) groups excluding carboxylic acids is 1. The summed E-state index contributed by atoms with van der Waals surface area (Å²) in [5.74, 6) is -0.0878. The fourth-order valence-electron chi connectivity index (χ4n) is 3.60. The standard InChI is InChI=1S/C26H33N5O3S/c1-6-30(17-21-9-7-8-19(2)29-21)25(32)18-31(22-12-15-24(27)28-16-22)35(33,34)23-13-10-20(11-14-23)26(3,4)5/h7-16H,6,17-18H2,1-5H3,(H2,27,28). The van der Waals surface area contributed by atoms with E-state index in [0.717, 1.165) is 21.3 Å². The molecule has 0 saturated heterocycles. The summed E-state index contributed by atoms with van der Waals surface area (Å²) in [6.45, 7) is 10.2. The number of likely N-dealkylation sites (N-methyl/N-ethyl adjacent to an activating group) is 1. The number of anilines is 2. The Bertz CT molecular complexity index is 1270. The van der Waals surface area contributed by atoms with Gasteiger partial charge in [0.2, 0.25) is 5.91 Å². The van der Waals surface area contributed by atoms with Crippen LogP contribution in [0.1, 0.15) is 44.6 Å². The highest BCUT2D eigenvalue weighted by atomic mass is 32.2. The summed E-state index contributed by atoms with van der Waals surface area (Å²) in [4.78, 5) is 23.5. The zero-order valence-electron chi connectivity index (χ0n) is 20.9. The summed E-state index contributed by atoms with van der Waals surface area (Å²) >= 11 is 0. The zero-order chi connectivity index (χ0) is 25.8. The van der Waals surface area contributed by atoms with Crippen molar-refractivity contribution in [1.82, 2.24) is 14.9 Å². The van der Waals surface area contributed by atoms with E-state index < -0.39 is 10.0 Å². The van der Waals surface area contributed by atoms with Gasteiger partial charge in [-0.2, -0.15) is 0 Å². The van der Waals surface area contributed by atoms with E-state index in [2.05, 4.69) is 30.7 Å². The lowest BCUT2D eigenvalue weighted by Crippen LogP contribution is -2.43. The molecule has 2 N–H and O–H groups in total. The molecule has 1 amide bonds. The maximum atomic E-state index is 13.7. The molecule has 0 bridgehead atoms. The number of hydrogen-bond donors (Lipinski definition) is 1. The molecule has 0 aliphatic heterocycles. The minimum Gasteiger partial charge on any atom is -0.384 e. The molecule has 0 atom stereocenters. The smallest absolute Gasteiger partial charge is 0.264 e. The maximum absolute atomic E-state index is 13.7. The molecule has 35 heavy (non-hydrogen) atoms. The highest BCUT2D eigenvalue weighted by Gasteiger charge is 2.29. The van der Waals surface area contributed by atoms with Crippen molar-refractivity contribution < 1.29 is 13.2 Å². The molecule has 0 unspecified atom stereocenters. The van der Waals surface area contributed by atoms with E-state index in [9.17, 15) is 13.2 Å². The number of nitrogen functional groups attached to an aromatic ring is 1. The van der Waals surface area contributed by atoms with Crippen LogP contribution in [-0.2, 0) is 26.8 Å². The number of aromatic nitrogens is 2. The Kier molecular flexibility index (Phi) is 7.80. The quantitative estimate of drug-likeness (QED) is 0.507. The number of hydrogen-bond acceptors (Lipinski definition) is 6. The average Bonchev–Trinajstić information content (AvgIpc) is 2.81. The van der Waals surface area contributed by atoms with Crippen molar-refractivity contribution in [3.05, 3.63) is 77.7 Å². The van der Waals surface area contributed by atoms with Crippen molar-refractivity contribution >= 4 is 27.4 Å². The largest absolute Gasteiger partial charge is 0.384 e. The van der Waals surface area contributed by atoms with Crippen LogP contribution in [0, 0.1) is 6.92 Å². The first-order chi connectivity index (χ1) is 16.4. The Morgan fingerprint density at radius 2 is 1.71 bits per heavy atom. The van der Waals surface area contributed by atoms with E-state index in [-0.39, 0.29) is 40.8 Å². The molecule has 8 nitrogen and oxygen atoms in total. The van der Waals surface area contributed by atoms with Gasteiger partial charge in [-0.1, -0.05) is 39.0 Å². The molecule has 0 saturated carbocycles. The van der Waals surface area contributed by atoms with Crippen LogP contribution in [0.3, 0.4) is 0 Å². The van der Waals surface area contributed by atoms with Gasteiger partial charge in [0.15, 0.2) is 0 Å². The Hall–Kier alpha value is -3.46. The third-order valence-corrected chi connectivity index (χ3v) is 7.47. The van der Waals surface area contributed by atoms with Gasteiger partial charge >= 0.3 is 0 Å². The van der Waals surface area contributed by atoms with Crippen LogP contribution in [0.4, 0.5) is 11.5 Å². The first-order valence-electron chi connectivity index (χ1n) is 11.5. The number of nitrogens with zero attached hydrogens (tertiary/aromatic N) is 4. The fourth-order valence-corrected chi connectivity index (χ4v) is 5.00. The molecule has 9 heteroatoms. The van der Waals surface area contributed by atoms with Crippen LogP contribution in [0.25, 0.3) is 0 Å². The molecule has 2 aromatic heterocycles. The average molecular weight is 496 g/mol. The van der Waals surface area contributed by atoms with E-state index in [1.54, 1.807) is 35.2 Å². The van der Waals surface area contributed by atoms with Gasteiger partial charge in [0.25, 0.3) is 10.0 Å². The molecule has 0 fully saturated rings. The van der Waals surface area contributed by atoms with Crippen molar-refractivity contribution in [1.29, 1.82) is 0 Å². The molecule has 0 radical (unpaired) electrons. The van der Waals surface area contributed by atoms with E-state index in [1.165, 1.54) is 12.3 Å². The summed E-state index contributed by atoms with van der Waals surface area (Å²) in [7, 11) is -4.06. The van der Waals surface area contributed by atoms with Crippen molar-refractivity contribution in [2.24, 2.45) is 0 Å². The number of benzene rings is 1. The molecular weight excluding hydrogens is 462 g/mol. The Labute approximate surface area is 207 Å². The van der Waals surface area contributed by atoms with Crippen molar-refractivity contribution in [2.45, 2.75) is 51.5 Å². The number of rotatable bonds is 8. The predicted octanol–water partition coefficient (Wildman–Crippen LogP) is 3.91. The molecule has 0 spiro atoms. The number of aryl methyl sites for hydroxylation is 1. The Balaban J connectivity index is 1.95. The van der Waals surface area contributed by atoms with E-state index in [1.807, 2.05) is 32.0 Å². The van der Waals surface area contributed by atoms with Gasteiger partial charge in [0.1, 0.15) is 12.4 Å². The highest BCUT2D eigenvalue weighted by Crippen LogP contribution is 2.27. The molecule has 2 heterocycles. The summed E-state index contributed by atoms with van der Waals surface area (Å²) in [5, 5.41) is 0. The number of nitrogens with two attached hydrogens (primary N) is 1. The molecule has 3 aromatic rings. The third-order valence-electron chi connectivity index (χ3n) is 5.68. The second-order valence-electron chi connectivity index (χ2n) is 9.41. The molecule has 186 valence electrons. The predicted molar refractivity (Wildman–Crippen MR) is 138 cm³/mol. The first kappa shape index (κ1) is 26.2. The lowest BCUT2D eigenvalue weighted by atomic mass is 9.87. The second kappa shape index (κ2) is 10.4. The van der Waals surface area contributed by atoms with E-state index in [0.29, 0.717) is 6.54 Å². The molecule has 0 aliphatic rings. The molecule has 0 aliphatic carbocycles. The lowest BCUT2D eigenvalue weighted by molar-refractivity contribution is -0.130. The van der Waals surface area contributed by atoms with Crippen LogP contribution < -0.4 is 10.0 Å². The second-order valence-corrected chi connectivity index (χ2v) is 11.3. The topological polar surface area (TPSA) is 109 Å². The molecular formula is C26H33N5O3S. The van der Waals surface area contributed by atoms with Gasteiger partial charge < -0.3 is 10.6 Å². The van der Waals surface area contributed by atoms with Crippen LogP contribution in [0.2, 0.25) is 0 Å². The first-order valence-corrected chi connectivity index (χ1v) is 12.9. The third kappa shape index (κ3) is 6.36. The Morgan fingerprint density at radius 1 is 1.03 bits per heavy atom. The normalized spacial score (nSPS) is 11.8. The minimum absolute atomic E-state index is 0.0959. The number of sulfonamides is 1. The zero-order valence-corrected chi connectivity index (χ0v) is 21.7. The monoisotopic (exact) mass is 495 g/mol. The SMILES string of the molecule is CCN(Cc1cccc(C)n1)C(=O)CN(c1ccc(N)nc1)S(=O)(=O)c1ccc(C(C)(C)C)cc1. The van der Waals surface area contributed by atoms with Crippen molar-refractivity contribution in [3.63, 3.8) is 0 Å². The van der Waals surface area contributed by atoms with Crippen molar-refractivity contribution in [2.75, 3.05) is 23.1 Å². The summed E-state index contributed by atoms with van der Waals surface area (Å²) in [6.07, 6.45) is 1.36. The number of carbonyl (C=O) groups is 1. The highest BCUT2D eigenvalue weighted by molar-refractivity contribution is 7.92. The Morgan fingerprint density at radius 3 is 2.26 bits per heavy atom. The van der Waals surface area contributed by atoms with Gasteiger partial charge in [-0.05, 0) is 61.2 Å².